The Balaban J connectivity index is 3.82. The lowest BCUT2D eigenvalue weighted by Crippen LogP contribution is -2.61. The Bertz CT molecular complexity index is 1700. The van der Waals surface area contributed by atoms with Crippen molar-refractivity contribution in [1.29, 1.82) is 0 Å². The molecule has 63 heavy (non-hydrogen) atoms. The summed E-state index contributed by atoms with van der Waals surface area (Å²) in [5.74, 6) is -9.22. The average Bonchev–Trinajstić information content (AvgIpc) is 3.22. The van der Waals surface area contributed by atoms with Gasteiger partial charge in [0.1, 0.15) is 47.8 Å². The molecule has 1 aliphatic heterocycles. The number of hydrogen-bond donors (Lipinski definition) is 13. The lowest BCUT2D eigenvalue weighted by Gasteiger charge is -2.30. The van der Waals surface area contributed by atoms with E-state index in [1.54, 1.807) is 34.6 Å². The topological polar surface area (TPSA) is 374 Å². The van der Waals surface area contributed by atoms with Crippen LogP contribution in [0.1, 0.15) is 68.2 Å². The van der Waals surface area contributed by atoms with E-state index in [1.807, 2.05) is 6.92 Å². The predicted molar refractivity (Wildman–Crippen MR) is 240 cm³/mol. The van der Waals surface area contributed by atoms with Crippen LogP contribution in [0.25, 0.3) is 0 Å². The van der Waals surface area contributed by atoms with Crippen LogP contribution in [-0.4, -0.2) is 136 Å². The average molecular weight is 929 g/mol. The zero-order chi connectivity index (χ0) is 48.1. The van der Waals surface area contributed by atoms with E-state index in [-0.39, 0.29) is 59.2 Å². The number of aliphatic hydroxyl groups is 1. The van der Waals surface area contributed by atoms with Gasteiger partial charge in [-0.15, -0.1) is 0 Å². The molecule has 24 heteroatoms. The summed E-state index contributed by atoms with van der Waals surface area (Å²) in [5, 5.41) is 30.6. The minimum absolute atomic E-state index is 0.0732. The fourth-order valence-electron chi connectivity index (χ4n) is 5.69. The molecule has 0 radical (unpaired) electrons. The van der Waals surface area contributed by atoms with E-state index in [0.717, 1.165) is 23.5 Å². The molecule has 0 aromatic heterocycles. The summed E-state index contributed by atoms with van der Waals surface area (Å²) in [6, 6.07) is -8.84. The highest BCUT2D eigenvalue weighted by molar-refractivity contribution is 7.99. The fraction of sp³-hybridized carbons (Fsp3) is 0.667. The minimum Gasteiger partial charge on any atom is -0.377 e. The van der Waals surface area contributed by atoms with E-state index in [4.69, 9.17) is 22.9 Å². The van der Waals surface area contributed by atoms with Crippen LogP contribution in [0.3, 0.4) is 0 Å². The molecule has 17 N–H and O–H groups in total. The standard InChI is InChI=1S/C39H68N12O10S2/c1-9-20(8)29(41)38(60)46-22(11-3)33(55)48-27-17-63-15-25(35(57)45-21(10-2)31(42)53)49-34(56)23(12-18(4)5)47-36(58)26(50-39(61)30(19(6)7)51-37(27)59)16-62-14-24(32(43)54)44-28(52)13-40/h10-11,18-20,23-30,44,52H,9,12-17,40-41H2,1-8H3,(H2,42,53)(H2,43,54)(H,45,57)(H,46,60)(H,47,58)(H,48,55)(H,49,56)(H,50,61)(H,51,59)/b21-10-,22-11-/t20?,23-,24-,25-,26?,27?,28?,29-,30-/m0/s1. The van der Waals surface area contributed by atoms with Gasteiger partial charge in [0, 0.05) is 29.6 Å². The molecule has 9 amide bonds. The summed E-state index contributed by atoms with van der Waals surface area (Å²) in [5.41, 5.74) is 22.0. The van der Waals surface area contributed by atoms with E-state index >= 15 is 0 Å². The van der Waals surface area contributed by atoms with Gasteiger partial charge >= 0.3 is 0 Å². The van der Waals surface area contributed by atoms with Crippen molar-refractivity contribution in [3.63, 3.8) is 0 Å². The first-order valence-corrected chi connectivity index (χ1v) is 22.9. The van der Waals surface area contributed by atoms with Gasteiger partial charge in [0.05, 0.1) is 12.1 Å². The Hall–Kier alpha value is -4.75. The number of hydrogen-bond acceptors (Lipinski definition) is 15. The van der Waals surface area contributed by atoms with E-state index in [1.165, 1.54) is 26.0 Å². The van der Waals surface area contributed by atoms with Crippen molar-refractivity contribution >= 4 is 76.7 Å². The molecule has 356 valence electrons. The Morgan fingerprint density at radius 2 is 1.46 bits per heavy atom. The molecule has 0 aliphatic carbocycles. The molecule has 0 aromatic rings. The minimum atomic E-state index is -1.43. The number of thioether (sulfide) groups is 2. The number of amides is 9. The van der Waals surface area contributed by atoms with Crippen LogP contribution in [0.5, 0.6) is 0 Å². The third-order valence-corrected chi connectivity index (χ3v) is 12.0. The van der Waals surface area contributed by atoms with Crippen molar-refractivity contribution in [2.45, 2.75) is 117 Å². The van der Waals surface area contributed by atoms with Crippen LogP contribution >= 0.6 is 23.5 Å². The quantitative estimate of drug-likeness (QED) is 0.0412. The largest absolute Gasteiger partial charge is 0.377 e. The Morgan fingerprint density at radius 1 is 0.857 bits per heavy atom. The van der Waals surface area contributed by atoms with Crippen molar-refractivity contribution in [1.82, 2.24) is 42.5 Å². The maximum absolute atomic E-state index is 14.1. The van der Waals surface area contributed by atoms with E-state index in [2.05, 4.69) is 42.5 Å². The van der Waals surface area contributed by atoms with Crippen molar-refractivity contribution in [2.75, 3.05) is 29.6 Å². The molecule has 1 aliphatic rings. The zero-order valence-corrected chi connectivity index (χ0v) is 38.8. The van der Waals surface area contributed by atoms with Crippen molar-refractivity contribution < 1.29 is 48.3 Å². The molecule has 22 nitrogen and oxygen atoms in total. The Morgan fingerprint density at radius 3 is 1.98 bits per heavy atom. The SMILES string of the molecule is C/C=C(\NC(=O)[C@@H]1CSCC(NC(=O)/C(=C/C)NC(=O)[C@@H](N)C(C)CC)C(=O)N[C@@H](C(C)C)C(=O)NC(CSC[C@H](NC(O)CN)C(N)=O)C(=O)N[C@@H](CC(C)C)C(=O)N1)C(N)=O. The van der Waals surface area contributed by atoms with E-state index in [9.17, 15) is 48.3 Å². The summed E-state index contributed by atoms with van der Waals surface area (Å²) in [4.78, 5) is 121. The second-order valence-corrected chi connectivity index (χ2v) is 17.8. The van der Waals surface area contributed by atoms with Gasteiger partial charge in [-0.1, -0.05) is 60.1 Å². The molecular formula is C39H68N12O10S2. The first kappa shape index (κ1) is 56.3. The van der Waals surface area contributed by atoms with Gasteiger partial charge in [-0.05, 0) is 38.0 Å². The van der Waals surface area contributed by atoms with Crippen molar-refractivity contribution in [3.05, 3.63) is 23.5 Å². The number of carbonyl (C=O) groups is 9. The monoisotopic (exact) mass is 928 g/mol. The first-order chi connectivity index (χ1) is 29.5. The summed E-state index contributed by atoms with van der Waals surface area (Å²) in [6.45, 7) is 13.2. The van der Waals surface area contributed by atoms with Crippen LogP contribution in [0.2, 0.25) is 0 Å². The third-order valence-electron chi connectivity index (χ3n) is 9.74. The van der Waals surface area contributed by atoms with Crippen molar-refractivity contribution in [2.24, 2.45) is 40.7 Å². The van der Waals surface area contributed by atoms with Gasteiger partial charge in [0.15, 0.2) is 0 Å². The predicted octanol–water partition coefficient (Wildman–Crippen LogP) is -3.79. The van der Waals surface area contributed by atoms with Gasteiger partial charge in [0.2, 0.25) is 41.4 Å². The summed E-state index contributed by atoms with van der Waals surface area (Å²) in [6.07, 6.45) is 1.96. The first-order valence-electron chi connectivity index (χ1n) is 20.6. The molecule has 0 spiro atoms. The number of allylic oxidation sites excluding steroid dienone is 2. The molecule has 0 aromatic carbocycles. The normalized spacial score (nSPS) is 23.0. The number of primary amides is 2. The summed E-state index contributed by atoms with van der Waals surface area (Å²) >= 11 is 1.95. The molecule has 1 saturated heterocycles. The molecule has 4 unspecified atom stereocenters. The van der Waals surface area contributed by atoms with Crippen LogP contribution in [0.15, 0.2) is 23.5 Å². The highest BCUT2D eigenvalue weighted by atomic mass is 32.2. The second-order valence-electron chi connectivity index (χ2n) is 15.7. The van der Waals surface area contributed by atoms with Gasteiger partial charge in [-0.2, -0.15) is 23.5 Å². The lowest BCUT2D eigenvalue weighted by atomic mass is 9.99. The van der Waals surface area contributed by atoms with Gasteiger partial charge in [-0.3, -0.25) is 48.5 Å². The molecule has 0 bridgehead atoms. The second kappa shape index (κ2) is 28.1. The van der Waals surface area contributed by atoms with Crippen LogP contribution in [-0.2, 0) is 43.2 Å². The molecule has 0 saturated carbocycles. The van der Waals surface area contributed by atoms with Crippen LogP contribution in [0.4, 0.5) is 0 Å². The smallest absolute Gasteiger partial charge is 0.268 e. The lowest BCUT2D eigenvalue weighted by molar-refractivity contribution is -0.135. The zero-order valence-electron chi connectivity index (χ0n) is 37.2. The highest BCUT2D eigenvalue weighted by Crippen LogP contribution is 2.15. The molecule has 1 heterocycles. The third kappa shape index (κ3) is 19.3. The molecule has 1 fully saturated rings. The fourth-order valence-corrected chi connectivity index (χ4v) is 7.87. The van der Waals surface area contributed by atoms with E-state index in [0.29, 0.717) is 6.42 Å². The van der Waals surface area contributed by atoms with Crippen LogP contribution in [0, 0.1) is 17.8 Å². The molecule has 1 rings (SSSR count). The van der Waals surface area contributed by atoms with Gasteiger partial charge < -0.3 is 65.3 Å². The summed E-state index contributed by atoms with van der Waals surface area (Å²) in [7, 11) is 0. The number of carbonyl (C=O) groups excluding carboxylic acids is 9. The maximum atomic E-state index is 14.1. The van der Waals surface area contributed by atoms with Crippen LogP contribution < -0.4 is 65.5 Å². The Labute approximate surface area is 376 Å². The van der Waals surface area contributed by atoms with Gasteiger partial charge in [0.25, 0.3) is 11.8 Å². The number of aliphatic hydroxyl groups excluding tert-OH is 1. The number of rotatable bonds is 20. The molecule has 9 atom stereocenters. The number of nitrogens with two attached hydrogens (primary N) is 4. The van der Waals surface area contributed by atoms with E-state index < -0.39 is 108 Å². The molecular weight excluding hydrogens is 861 g/mol. The maximum Gasteiger partial charge on any atom is 0.268 e. The summed E-state index contributed by atoms with van der Waals surface area (Å²) < 4.78 is 0. The van der Waals surface area contributed by atoms with Crippen molar-refractivity contribution in [3.8, 4) is 0 Å². The highest BCUT2D eigenvalue weighted by Gasteiger charge is 2.36. The number of nitrogens with one attached hydrogen (secondary N) is 8. The Kier molecular flexibility index (Phi) is 25.1. The van der Waals surface area contributed by atoms with Gasteiger partial charge in [-0.25, -0.2) is 0 Å².